The van der Waals surface area contributed by atoms with E-state index < -0.39 is 11.9 Å². The predicted molar refractivity (Wildman–Crippen MR) is 77.8 cm³/mol. The van der Waals surface area contributed by atoms with E-state index in [4.69, 9.17) is 9.84 Å². The van der Waals surface area contributed by atoms with Crippen LogP contribution in [0.25, 0.3) is 0 Å². The first kappa shape index (κ1) is 14.2. The van der Waals surface area contributed by atoms with Gasteiger partial charge in [-0.15, -0.1) is 0 Å². The van der Waals surface area contributed by atoms with Gasteiger partial charge in [-0.3, -0.25) is 4.79 Å². The number of fused-ring (bicyclic) bond motifs is 1. The molecule has 21 heavy (non-hydrogen) atoms. The van der Waals surface area contributed by atoms with Gasteiger partial charge in [-0.1, -0.05) is 0 Å². The molecule has 0 radical (unpaired) electrons. The number of phenols is 1. The van der Waals surface area contributed by atoms with Crippen molar-refractivity contribution in [3.8, 4) is 11.5 Å². The van der Waals surface area contributed by atoms with Gasteiger partial charge in [0, 0.05) is 29.3 Å². The van der Waals surface area contributed by atoms with Crippen molar-refractivity contribution in [3.05, 3.63) is 22.8 Å². The largest absolute Gasteiger partial charge is 0.507 e. The molecule has 1 aromatic rings. The Labute approximate surface area is 123 Å². The van der Waals surface area contributed by atoms with Crippen LogP contribution in [0.2, 0.25) is 0 Å². The number of carbonyl (C=O) groups is 1. The van der Waals surface area contributed by atoms with E-state index in [1.54, 1.807) is 7.11 Å². The normalized spacial score (nSPS) is 24.6. The Hall–Kier alpha value is -1.75. The van der Waals surface area contributed by atoms with Crippen LogP contribution < -0.4 is 10.1 Å². The Morgan fingerprint density at radius 2 is 2.05 bits per heavy atom. The van der Waals surface area contributed by atoms with Gasteiger partial charge in [0.05, 0.1) is 13.0 Å². The van der Waals surface area contributed by atoms with Crippen molar-refractivity contribution in [2.45, 2.75) is 38.1 Å². The number of phenolic OH excluding ortho intramolecular Hbond substituents is 1. The number of carboxylic acids is 1. The second kappa shape index (κ2) is 5.56. The molecule has 1 heterocycles. The summed E-state index contributed by atoms with van der Waals surface area (Å²) in [6.07, 6.45) is 4.49. The molecule has 3 N–H and O–H groups in total. The van der Waals surface area contributed by atoms with E-state index in [1.807, 2.05) is 6.07 Å². The van der Waals surface area contributed by atoms with Crippen LogP contribution >= 0.6 is 0 Å². The number of aromatic hydroxyl groups is 1. The molecule has 0 bridgehead atoms. The van der Waals surface area contributed by atoms with Crippen LogP contribution in [0.15, 0.2) is 6.07 Å². The van der Waals surface area contributed by atoms with Crippen LogP contribution in [-0.2, 0) is 17.6 Å². The van der Waals surface area contributed by atoms with Gasteiger partial charge in [-0.2, -0.15) is 0 Å². The third-order valence-corrected chi connectivity index (χ3v) is 4.69. The maximum Gasteiger partial charge on any atom is 0.307 e. The lowest BCUT2D eigenvalue weighted by molar-refractivity contribution is -0.141. The molecule has 0 saturated carbocycles. The summed E-state index contributed by atoms with van der Waals surface area (Å²) in [5.74, 6) is -0.0297. The van der Waals surface area contributed by atoms with Crippen molar-refractivity contribution in [1.29, 1.82) is 0 Å². The number of rotatable bonds is 3. The van der Waals surface area contributed by atoms with Gasteiger partial charge in [0.25, 0.3) is 0 Å². The monoisotopic (exact) mass is 291 g/mol. The average molecular weight is 291 g/mol. The predicted octanol–water partition coefficient (Wildman–Crippen LogP) is 2.01. The standard InChI is InChI=1S/C16H21NO4/c1-21-14-7-12(13-6-9(8-17-13)16(19)20)15(18)11-5-3-2-4-10(11)14/h7,9,13,17-18H,2-6,8H2,1H3,(H,19,20). The molecule has 2 aliphatic rings. The number of carboxylic acid groups (broad SMARTS) is 1. The first-order chi connectivity index (χ1) is 10.1. The summed E-state index contributed by atoms with van der Waals surface area (Å²) >= 11 is 0. The molecule has 5 heteroatoms. The van der Waals surface area contributed by atoms with Gasteiger partial charge in [-0.05, 0) is 38.2 Å². The lowest BCUT2D eigenvalue weighted by Gasteiger charge is -2.24. The van der Waals surface area contributed by atoms with E-state index >= 15 is 0 Å². The highest BCUT2D eigenvalue weighted by atomic mass is 16.5. The second-order valence-corrected chi connectivity index (χ2v) is 5.91. The minimum absolute atomic E-state index is 0.118. The topological polar surface area (TPSA) is 78.8 Å². The fraction of sp³-hybridized carbons (Fsp3) is 0.562. The van der Waals surface area contributed by atoms with Gasteiger partial charge in [0.15, 0.2) is 0 Å². The number of nitrogens with one attached hydrogen (secondary N) is 1. The summed E-state index contributed by atoms with van der Waals surface area (Å²) in [6.45, 7) is 0.443. The third-order valence-electron chi connectivity index (χ3n) is 4.69. The molecule has 1 fully saturated rings. The zero-order chi connectivity index (χ0) is 15.0. The van der Waals surface area contributed by atoms with Crippen molar-refractivity contribution >= 4 is 5.97 Å². The lowest BCUT2D eigenvalue weighted by Crippen LogP contribution is -2.18. The quantitative estimate of drug-likeness (QED) is 0.794. The molecule has 1 aliphatic heterocycles. The number of ether oxygens (including phenoxy) is 1. The van der Waals surface area contributed by atoms with E-state index in [1.165, 1.54) is 0 Å². The van der Waals surface area contributed by atoms with Gasteiger partial charge in [0.2, 0.25) is 0 Å². The average Bonchev–Trinajstić information content (AvgIpc) is 2.98. The lowest BCUT2D eigenvalue weighted by atomic mass is 9.86. The molecule has 2 atom stereocenters. The zero-order valence-corrected chi connectivity index (χ0v) is 12.2. The van der Waals surface area contributed by atoms with Crippen molar-refractivity contribution in [1.82, 2.24) is 5.32 Å². The highest BCUT2D eigenvalue weighted by Crippen LogP contribution is 2.42. The van der Waals surface area contributed by atoms with Crippen LogP contribution in [0, 0.1) is 5.92 Å². The van der Waals surface area contributed by atoms with Gasteiger partial charge >= 0.3 is 5.97 Å². The smallest absolute Gasteiger partial charge is 0.307 e. The fourth-order valence-electron chi connectivity index (χ4n) is 3.52. The summed E-state index contributed by atoms with van der Waals surface area (Å²) in [6, 6.07) is 1.76. The number of hydrogen-bond donors (Lipinski definition) is 3. The minimum Gasteiger partial charge on any atom is -0.507 e. The van der Waals surface area contributed by atoms with Crippen molar-refractivity contribution in [2.24, 2.45) is 5.92 Å². The van der Waals surface area contributed by atoms with Crippen molar-refractivity contribution in [2.75, 3.05) is 13.7 Å². The summed E-state index contributed by atoms with van der Waals surface area (Å²) in [7, 11) is 1.65. The summed E-state index contributed by atoms with van der Waals surface area (Å²) in [4.78, 5) is 11.1. The highest BCUT2D eigenvalue weighted by Gasteiger charge is 2.33. The van der Waals surface area contributed by atoms with E-state index in [-0.39, 0.29) is 6.04 Å². The van der Waals surface area contributed by atoms with Crippen molar-refractivity contribution in [3.63, 3.8) is 0 Å². The summed E-state index contributed by atoms with van der Waals surface area (Å²) in [5, 5.41) is 22.9. The molecule has 3 rings (SSSR count). The summed E-state index contributed by atoms with van der Waals surface area (Å²) in [5.41, 5.74) is 2.87. The second-order valence-electron chi connectivity index (χ2n) is 5.91. The first-order valence-electron chi connectivity index (χ1n) is 7.49. The molecule has 2 unspecified atom stereocenters. The molecular formula is C16H21NO4. The van der Waals surface area contributed by atoms with Crippen LogP contribution in [0.1, 0.15) is 42.0 Å². The number of hydrogen-bond acceptors (Lipinski definition) is 4. The first-order valence-corrected chi connectivity index (χ1v) is 7.49. The Morgan fingerprint density at radius 1 is 1.33 bits per heavy atom. The van der Waals surface area contributed by atoms with E-state index in [0.717, 1.165) is 48.1 Å². The number of benzene rings is 1. The molecule has 0 aromatic heterocycles. The van der Waals surface area contributed by atoms with E-state index in [0.29, 0.717) is 18.7 Å². The molecule has 5 nitrogen and oxygen atoms in total. The highest BCUT2D eigenvalue weighted by molar-refractivity contribution is 5.71. The Bertz CT molecular complexity index is 570. The maximum atomic E-state index is 11.1. The van der Waals surface area contributed by atoms with E-state index in [9.17, 15) is 9.90 Å². The SMILES string of the molecule is COc1cc(C2CC(C(=O)O)CN2)c(O)c2c1CCCC2. The molecule has 1 aliphatic carbocycles. The Balaban J connectivity index is 1.98. The molecular weight excluding hydrogens is 270 g/mol. The van der Waals surface area contributed by atoms with Gasteiger partial charge in [0.1, 0.15) is 11.5 Å². The number of aliphatic carboxylic acids is 1. The van der Waals surface area contributed by atoms with E-state index in [2.05, 4.69) is 5.32 Å². The Kier molecular flexibility index (Phi) is 3.76. The molecule has 0 spiro atoms. The molecule has 1 saturated heterocycles. The Morgan fingerprint density at radius 3 is 2.67 bits per heavy atom. The molecule has 1 aromatic carbocycles. The van der Waals surface area contributed by atoms with Crippen molar-refractivity contribution < 1.29 is 19.7 Å². The maximum absolute atomic E-state index is 11.1. The molecule has 114 valence electrons. The van der Waals surface area contributed by atoms with Crippen LogP contribution in [0.5, 0.6) is 11.5 Å². The van der Waals surface area contributed by atoms with Crippen LogP contribution in [0.4, 0.5) is 0 Å². The molecule has 0 amide bonds. The van der Waals surface area contributed by atoms with Crippen LogP contribution in [-0.4, -0.2) is 29.8 Å². The third kappa shape index (κ3) is 2.46. The zero-order valence-electron chi connectivity index (χ0n) is 12.2. The van der Waals surface area contributed by atoms with Gasteiger partial charge < -0.3 is 20.3 Å². The summed E-state index contributed by atoms with van der Waals surface area (Å²) < 4.78 is 5.49. The number of methoxy groups -OCH3 is 1. The fourth-order valence-corrected chi connectivity index (χ4v) is 3.52. The van der Waals surface area contributed by atoms with Gasteiger partial charge in [-0.25, -0.2) is 0 Å². The van der Waals surface area contributed by atoms with Crippen LogP contribution in [0.3, 0.4) is 0 Å². The minimum atomic E-state index is -0.783.